The van der Waals surface area contributed by atoms with Gasteiger partial charge in [0.15, 0.2) is 0 Å². The molecule has 1 aromatic rings. The first-order chi connectivity index (χ1) is 9.54. The van der Waals surface area contributed by atoms with Crippen LogP contribution < -0.4 is 11.1 Å². The summed E-state index contributed by atoms with van der Waals surface area (Å²) in [5.41, 5.74) is 6.34. The number of nitrogens with two attached hydrogens (primary N) is 1. The highest BCUT2D eigenvalue weighted by molar-refractivity contribution is 7.14. The Morgan fingerprint density at radius 2 is 1.95 bits per heavy atom. The molecule has 3 N–H and O–H groups in total. The molecule has 3 nitrogen and oxygen atoms in total. The highest BCUT2D eigenvalue weighted by Gasteiger charge is 2.27. The molecule has 0 aliphatic carbocycles. The second-order valence-corrected chi connectivity index (χ2v) is 8.26. The van der Waals surface area contributed by atoms with Gasteiger partial charge in [0, 0.05) is 5.54 Å². The third kappa shape index (κ3) is 5.91. The first kappa shape index (κ1) is 17.7. The van der Waals surface area contributed by atoms with Gasteiger partial charge < -0.3 is 11.1 Å². The summed E-state index contributed by atoms with van der Waals surface area (Å²) in [6.07, 6.45) is 0.913. The molecule has 1 aromatic heterocycles. The van der Waals surface area contributed by atoms with Gasteiger partial charge in [0.1, 0.15) is 0 Å². The highest BCUT2D eigenvalue weighted by Crippen LogP contribution is 2.28. The van der Waals surface area contributed by atoms with E-state index in [2.05, 4.69) is 51.8 Å². The first-order valence-corrected chi connectivity index (χ1v) is 7.98. The number of carbonyl (C=O) groups is 1. The Morgan fingerprint density at radius 3 is 2.48 bits per heavy atom. The van der Waals surface area contributed by atoms with Crippen LogP contribution in [0.5, 0.6) is 0 Å². The van der Waals surface area contributed by atoms with Crippen LogP contribution in [0, 0.1) is 24.2 Å². The quantitative estimate of drug-likeness (QED) is 0.842. The summed E-state index contributed by atoms with van der Waals surface area (Å²) < 4.78 is 0. The fourth-order valence-corrected chi connectivity index (χ4v) is 3.53. The van der Waals surface area contributed by atoms with Crippen LogP contribution in [-0.4, -0.2) is 18.0 Å². The molecular formula is C17H26N2OS. The van der Waals surface area contributed by atoms with Crippen molar-refractivity contribution in [1.29, 1.82) is 0 Å². The molecule has 1 amide bonds. The number of amides is 1. The van der Waals surface area contributed by atoms with Crippen LogP contribution in [0.3, 0.4) is 0 Å². The average Bonchev–Trinajstić information content (AvgIpc) is 2.64. The smallest absolute Gasteiger partial charge is 0.261 e. The summed E-state index contributed by atoms with van der Waals surface area (Å²) in [5.74, 6) is 5.82. The van der Waals surface area contributed by atoms with Crippen LogP contribution in [0.2, 0.25) is 0 Å². The summed E-state index contributed by atoms with van der Waals surface area (Å²) in [6.45, 7) is 13.0. The Morgan fingerprint density at radius 1 is 1.33 bits per heavy atom. The fraction of sp³-hybridized carbons (Fsp3) is 0.588. The maximum Gasteiger partial charge on any atom is 0.261 e. The predicted octanol–water partition coefficient (Wildman–Crippen LogP) is 3.31. The third-order valence-electron chi connectivity index (χ3n) is 2.87. The van der Waals surface area contributed by atoms with Gasteiger partial charge in [0.2, 0.25) is 0 Å². The van der Waals surface area contributed by atoms with Crippen molar-refractivity contribution in [2.45, 2.75) is 53.5 Å². The van der Waals surface area contributed by atoms with Crippen LogP contribution in [0.15, 0.2) is 6.07 Å². The summed E-state index contributed by atoms with van der Waals surface area (Å²) in [5, 5.41) is 3.12. The summed E-state index contributed by atoms with van der Waals surface area (Å²) in [7, 11) is 0. The van der Waals surface area contributed by atoms with E-state index >= 15 is 0 Å². The average molecular weight is 306 g/mol. The maximum absolute atomic E-state index is 12.4. The van der Waals surface area contributed by atoms with Crippen LogP contribution in [0.25, 0.3) is 0 Å². The van der Waals surface area contributed by atoms with Gasteiger partial charge in [0.25, 0.3) is 5.91 Å². The van der Waals surface area contributed by atoms with E-state index in [0.29, 0.717) is 11.4 Å². The van der Waals surface area contributed by atoms with Crippen LogP contribution in [0.1, 0.15) is 61.2 Å². The first-order valence-electron chi connectivity index (χ1n) is 7.16. The molecule has 116 valence electrons. The third-order valence-corrected chi connectivity index (χ3v) is 4.02. The summed E-state index contributed by atoms with van der Waals surface area (Å²) in [6, 6.07) is 1.90. The molecule has 0 saturated heterocycles. The molecule has 1 rings (SSSR count). The number of rotatable bonds is 3. The minimum Gasteiger partial charge on any atom is -0.346 e. The minimum atomic E-state index is -0.240. The lowest BCUT2D eigenvalue weighted by molar-refractivity contribution is 0.0895. The van der Waals surface area contributed by atoms with Crippen molar-refractivity contribution >= 4 is 17.2 Å². The molecule has 0 radical (unpaired) electrons. The van der Waals surface area contributed by atoms with Crippen molar-refractivity contribution in [3.63, 3.8) is 0 Å². The van der Waals surface area contributed by atoms with Crippen molar-refractivity contribution in [3.05, 3.63) is 21.4 Å². The van der Waals surface area contributed by atoms with Crippen LogP contribution in [0.4, 0.5) is 0 Å². The van der Waals surface area contributed by atoms with Crippen molar-refractivity contribution in [1.82, 2.24) is 5.32 Å². The molecule has 0 aliphatic rings. The Labute approximate surface area is 132 Å². The van der Waals surface area contributed by atoms with Gasteiger partial charge in [-0.1, -0.05) is 32.6 Å². The zero-order chi connectivity index (χ0) is 16.3. The van der Waals surface area contributed by atoms with E-state index in [4.69, 9.17) is 5.73 Å². The molecule has 21 heavy (non-hydrogen) atoms. The fourth-order valence-electron chi connectivity index (χ4n) is 2.59. The molecule has 0 fully saturated rings. The number of thiophene rings is 1. The van der Waals surface area contributed by atoms with Gasteiger partial charge in [-0.25, -0.2) is 0 Å². The van der Waals surface area contributed by atoms with Crippen molar-refractivity contribution in [2.24, 2.45) is 11.1 Å². The zero-order valence-electron chi connectivity index (χ0n) is 13.9. The normalized spacial score (nSPS) is 11.8. The number of nitrogens with one attached hydrogen (secondary N) is 1. The Kier molecular flexibility index (Phi) is 5.61. The van der Waals surface area contributed by atoms with Gasteiger partial charge in [0.05, 0.1) is 16.3 Å². The molecule has 0 unspecified atom stereocenters. The molecule has 0 aliphatic heterocycles. The minimum absolute atomic E-state index is 0.0295. The second-order valence-electron chi connectivity index (χ2n) is 7.20. The van der Waals surface area contributed by atoms with Crippen molar-refractivity contribution in [3.8, 4) is 11.8 Å². The van der Waals surface area contributed by atoms with Crippen molar-refractivity contribution in [2.75, 3.05) is 6.54 Å². The maximum atomic E-state index is 12.4. The van der Waals surface area contributed by atoms with Gasteiger partial charge in [-0.3, -0.25) is 4.79 Å². The lowest BCUT2D eigenvalue weighted by Crippen LogP contribution is -2.45. The molecular weight excluding hydrogens is 280 g/mol. The number of carbonyl (C=O) groups excluding carboxylic acids is 1. The largest absolute Gasteiger partial charge is 0.346 e. The Hall–Kier alpha value is -1.31. The number of aryl methyl sites for hydroxylation is 1. The number of hydrogen-bond donors (Lipinski definition) is 2. The van der Waals surface area contributed by atoms with Gasteiger partial charge >= 0.3 is 0 Å². The molecule has 0 atom stereocenters. The van der Waals surface area contributed by atoms with E-state index < -0.39 is 0 Å². The molecule has 4 heteroatoms. The van der Waals surface area contributed by atoms with E-state index in [0.717, 1.165) is 16.9 Å². The standard InChI is InChI=1S/C17H26N2OS/c1-12-10-14(21-13(12)8-7-9-18)15(20)19-17(5,6)11-16(2,3)4/h10H,9,11,18H2,1-6H3,(H,19,20). The van der Waals surface area contributed by atoms with E-state index in [9.17, 15) is 4.79 Å². The molecule has 0 bridgehead atoms. The lowest BCUT2D eigenvalue weighted by atomic mass is 9.82. The second kappa shape index (κ2) is 6.64. The van der Waals surface area contributed by atoms with E-state index in [1.54, 1.807) is 0 Å². The van der Waals surface area contributed by atoms with Crippen molar-refractivity contribution < 1.29 is 4.79 Å². The number of hydrogen-bond acceptors (Lipinski definition) is 3. The SMILES string of the molecule is Cc1cc(C(=O)NC(C)(C)CC(C)(C)C)sc1C#CCN. The van der Waals surface area contributed by atoms with E-state index in [1.807, 2.05) is 13.0 Å². The van der Waals surface area contributed by atoms with E-state index in [1.165, 1.54) is 11.3 Å². The van der Waals surface area contributed by atoms with Gasteiger partial charge in [-0.2, -0.15) is 0 Å². The van der Waals surface area contributed by atoms with Crippen LogP contribution >= 0.6 is 11.3 Å². The van der Waals surface area contributed by atoms with Crippen LogP contribution in [-0.2, 0) is 0 Å². The molecule has 0 aromatic carbocycles. The Balaban J connectivity index is 2.85. The summed E-state index contributed by atoms with van der Waals surface area (Å²) in [4.78, 5) is 14.0. The topological polar surface area (TPSA) is 55.1 Å². The highest BCUT2D eigenvalue weighted by atomic mass is 32.1. The lowest BCUT2D eigenvalue weighted by Gasteiger charge is -2.33. The zero-order valence-corrected chi connectivity index (χ0v) is 14.7. The van der Waals surface area contributed by atoms with Gasteiger partial charge in [-0.05, 0) is 44.2 Å². The predicted molar refractivity (Wildman–Crippen MR) is 90.6 cm³/mol. The Bertz CT molecular complexity index is 568. The van der Waals surface area contributed by atoms with Gasteiger partial charge in [-0.15, -0.1) is 11.3 Å². The molecule has 0 saturated carbocycles. The summed E-state index contributed by atoms with van der Waals surface area (Å²) >= 11 is 1.43. The molecule has 1 heterocycles. The van der Waals surface area contributed by atoms with E-state index in [-0.39, 0.29) is 16.9 Å². The monoisotopic (exact) mass is 306 g/mol. The molecule has 0 spiro atoms.